The van der Waals surface area contributed by atoms with E-state index in [1.165, 1.54) is 58.5 Å². The maximum absolute atomic E-state index is 2.58. The van der Waals surface area contributed by atoms with E-state index in [-0.39, 0.29) is 7.43 Å². The fourth-order valence-electron chi connectivity index (χ4n) is 3.19. The molecule has 2 saturated heterocycles. The van der Waals surface area contributed by atoms with Crippen LogP contribution in [0.25, 0.3) is 0 Å². The van der Waals surface area contributed by atoms with Crippen LogP contribution in [0.3, 0.4) is 0 Å². The highest BCUT2D eigenvalue weighted by Crippen LogP contribution is 2.15. The van der Waals surface area contributed by atoms with Crippen molar-refractivity contribution in [3.63, 3.8) is 0 Å². The van der Waals surface area contributed by atoms with E-state index in [4.69, 9.17) is 0 Å². The molecular formula is C18H40N2. The highest BCUT2D eigenvalue weighted by Gasteiger charge is 2.18. The summed E-state index contributed by atoms with van der Waals surface area (Å²) in [5.41, 5.74) is 0. The van der Waals surface area contributed by atoms with Crippen molar-refractivity contribution in [1.82, 2.24) is 9.80 Å². The minimum Gasteiger partial charge on any atom is -0.303 e. The van der Waals surface area contributed by atoms with Crippen molar-refractivity contribution < 1.29 is 0 Å². The van der Waals surface area contributed by atoms with Gasteiger partial charge in [0.25, 0.3) is 0 Å². The summed E-state index contributed by atoms with van der Waals surface area (Å²) in [5.74, 6) is 2.63. The van der Waals surface area contributed by atoms with Gasteiger partial charge >= 0.3 is 0 Å². The normalized spacial score (nSPS) is 23.9. The van der Waals surface area contributed by atoms with Crippen LogP contribution in [0.1, 0.15) is 61.3 Å². The summed E-state index contributed by atoms with van der Waals surface area (Å²) in [7, 11) is 0. The Morgan fingerprint density at radius 2 is 1.35 bits per heavy atom. The molecule has 0 spiro atoms. The molecule has 0 aromatic heterocycles. The second-order valence-corrected chi connectivity index (χ2v) is 7.45. The Kier molecular flexibility index (Phi) is 10.6. The van der Waals surface area contributed by atoms with Gasteiger partial charge in [0.2, 0.25) is 0 Å². The van der Waals surface area contributed by atoms with Crippen molar-refractivity contribution in [1.29, 1.82) is 0 Å². The number of likely N-dealkylation sites (tertiary alicyclic amines) is 2. The van der Waals surface area contributed by atoms with Crippen LogP contribution >= 0.6 is 0 Å². The Hall–Kier alpha value is -0.0800. The molecule has 2 heterocycles. The molecule has 122 valence electrons. The average Bonchev–Trinajstić information content (AvgIpc) is 2.90. The Morgan fingerprint density at radius 3 is 1.75 bits per heavy atom. The summed E-state index contributed by atoms with van der Waals surface area (Å²) in [6, 6.07) is 0. The van der Waals surface area contributed by atoms with E-state index in [0.29, 0.717) is 0 Å². The van der Waals surface area contributed by atoms with E-state index < -0.39 is 0 Å². The van der Waals surface area contributed by atoms with E-state index in [1.54, 1.807) is 0 Å². The van der Waals surface area contributed by atoms with Gasteiger partial charge in [-0.3, -0.25) is 0 Å². The van der Waals surface area contributed by atoms with Crippen LogP contribution in [0.15, 0.2) is 0 Å². The fourth-order valence-corrected chi connectivity index (χ4v) is 3.19. The molecule has 0 aliphatic carbocycles. The molecule has 20 heavy (non-hydrogen) atoms. The minimum absolute atomic E-state index is 0. The lowest BCUT2D eigenvalue weighted by molar-refractivity contribution is 0.290. The topological polar surface area (TPSA) is 6.48 Å². The quantitative estimate of drug-likeness (QED) is 0.757. The second-order valence-electron chi connectivity index (χ2n) is 7.45. The van der Waals surface area contributed by atoms with Gasteiger partial charge in [0.1, 0.15) is 0 Å². The molecule has 2 heteroatoms. The Bertz CT molecular complexity index is 219. The highest BCUT2D eigenvalue weighted by molar-refractivity contribution is 4.72. The zero-order valence-corrected chi connectivity index (χ0v) is 14.0. The first-order chi connectivity index (χ1) is 8.97. The van der Waals surface area contributed by atoms with Crippen LogP contribution in [0.4, 0.5) is 0 Å². The third-order valence-corrected chi connectivity index (χ3v) is 3.95. The number of hydrogen-bond donors (Lipinski definition) is 0. The molecule has 0 bridgehead atoms. The van der Waals surface area contributed by atoms with Crippen LogP contribution in [0.5, 0.6) is 0 Å². The fraction of sp³-hybridized carbons (Fsp3) is 1.00. The molecule has 0 amide bonds. The molecular weight excluding hydrogens is 244 g/mol. The van der Waals surface area contributed by atoms with Gasteiger partial charge in [-0.25, -0.2) is 0 Å². The molecule has 2 rings (SSSR count). The standard InChI is InChI=1S/C9H19N.C8H17N.CH4/c1-8(2)6-10-5-4-9(3)7-10;1-8(2)7-9-5-3-4-6-9;/h8-9H,4-7H2,1-3H3;8H,3-7H2,1-2H3;1H4. The summed E-state index contributed by atoms with van der Waals surface area (Å²) >= 11 is 0. The van der Waals surface area contributed by atoms with Gasteiger partial charge in [0, 0.05) is 19.6 Å². The van der Waals surface area contributed by atoms with Gasteiger partial charge in [-0.1, -0.05) is 42.0 Å². The van der Waals surface area contributed by atoms with Crippen LogP contribution in [-0.2, 0) is 0 Å². The zero-order valence-electron chi connectivity index (χ0n) is 14.0. The Labute approximate surface area is 128 Å². The van der Waals surface area contributed by atoms with Crippen molar-refractivity contribution in [2.45, 2.75) is 61.3 Å². The van der Waals surface area contributed by atoms with Gasteiger partial charge in [-0.05, 0) is 56.7 Å². The molecule has 0 saturated carbocycles. The largest absolute Gasteiger partial charge is 0.303 e. The molecule has 1 atom stereocenters. The summed E-state index contributed by atoms with van der Waals surface area (Å²) < 4.78 is 0. The van der Waals surface area contributed by atoms with Crippen LogP contribution in [-0.4, -0.2) is 49.1 Å². The second kappa shape index (κ2) is 10.6. The molecule has 1 unspecified atom stereocenters. The lowest BCUT2D eigenvalue weighted by Crippen LogP contribution is -2.24. The van der Waals surface area contributed by atoms with Crippen molar-refractivity contribution in [2.75, 3.05) is 39.3 Å². The monoisotopic (exact) mass is 284 g/mol. The van der Waals surface area contributed by atoms with Crippen LogP contribution in [0.2, 0.25) is 0 Å². The smallest absolute Gasteiger partial charge is 0.000761 e. The number of hydrogen-bond acceptors (Lipinski definition) is 2. The van der Waals surface area contributed by atoms with Crippen LogP contribution < -0.4 is 0 Å². The lowest BCUT2D eigenvalue weighted by atomic mass is 10.2. The highest BCUT2D eigenvalue weighted by atomic mass is 15.1. The first kappa shape index (κ1) is 19.9. The van der Waals surface area contributed by atoms with Crippen molar-refractivity contribution in [3.8, 4) is 0 Å². The van der Waals surface area contributed by atoms with Gasteiger partial charge in [-0.2, -0.15) is 0 Å². The predicted octanol–water partition coefficient (Wildman–Crippen LogP) is 4.36. The van der Waals surface area contributed by atoms with E-state index in [9.17, 15) is 0 Å². The molecule has 0 aromatic carbocycles. The zero-order chi connectivity index (χ0) is 14.3. The summed E-state index contributed by atoms with van der Waals surface area (Å²) in [4.78, 5) is 5.14. The molecule has 2 aliphatic rings. The molecule has 2 nitrogen and oxygen atoms in total. The number of nitrogens with zero attached hydrogens (tertiary/aromatic N) is 2. The third kappa shape index (κ3) is 8.97. The van der Waals surface area contributed by atoms with E-state index in [2.05, 4.69) is 44.4 Å². The third-order valence-electron chi connectivity index (χ3n) is 3.95. The first-order valence-corrected chi connectivity index (χ1v) is 8.42. The van der Waals surface area contributed by atoms with E-state index >= 15 is 0 Å². The van der Waals surface area contributed by atoms with Gasteiger partial charge in [0.15, 0.2) is 0 Å². The maximum atomic E-state index is 2.58. The van der Waals surface area contributed by atoms with Crippen LogP contribution in [0, 0.1) is 17.8 Å². The Balaban J connectivity index is 0.000000345. The maximum Gasteiger partial charge on any atom is 0.000761 e. The van der Waals surface area contributed by atoms with Crippen molar-refractivity contribution in [2.24, 2.45) is 17.8 Å². The van der Waals surface area contributed by atoms with Gasteiger partial charge < -0.3 is 9.80 Å². The Morgan fingerprint density at radius 1 is 0.850 bits per heavy atom. The SMILES string of the molecule is C.CC(C)CN1CCC(C)C1.CC(C)CN1CCCC1. The first-order valence-electron chi connectivity index (χ1n) is 8.42. The van der Waals surface area contributed by atoms with Gasteiger partial charge in [-0.15, -0.1) is 0 Å². The summed E-state index contributed by atoms with van der Waals surface area (Å²) in [6.45, 7) is 19.5. The molecule has 2 aliphatic heterocycles. The van der Waals surface area contributed by atoms with E-state index in [1.807, 2.05) is 0 Å². The number of rotatable bonds is 4. The predicted molar refractivity (Wildman–Crippen MR) is 92.3 cm³/mol. The summed E-state index contributed by atoms with van der Waals surface area (Å²) in [5, 5.41) is 0. The molecule has 0 radical (unpaired) electrons. The molecule has 0 aromatic rings. The van der Waals surface area contributed by atoms with Crippen molar-refractivity contribution in [3.05, 3.63) is 0 Å². The molecule has 2 fully saturated rings. The lowest BCUT2D eigenvalue weighted by Gasteiger charge is -2.17. The van der Waals surface area contributed by atoms with Crippen molar-refractivity contribution >= 4 is 0 Å². The summed E-state index contributed by atoms with van der Waals surface area (Å²) in [6.07, 6.45) is 4.26. The minimum atomic E-state index is 0. The van der Waals surface area contributed by atoms with E-state index in [0.717, 1.165) is 17.8 Å². The molecule has 0 N–H and O–H groups in total. The van der Waals surface area contributed by atoms with Gasteiger partial charge in [0.05, 0.1) is 0 Å². The average molecular weight is 285 g/mol.